The van der Waals surface area contributed by atoms with E-state index >= 15 is 0 Å². The molecule has 3 nitrogen and oxygen atoms in total. The lowest BCUT2D eigenvalue weighted by Crippen LogP contribution is -2.66. The monoisotopic (exact) mass is 255 g/mol. The Hall–Kier alpha value is -1.45. The molecular weight excluding hydrogens is 234 g/mol. The topological polar surface area (TPSA) is 42.1 Å². The SMILES string of the molecule is CCCC1(N)CN(Cc2ccc3ncccc3c2)C1. The van der Waals surface area contributed by atoms with Crippen molar-refractivity contribution in [3.8, 4) is 0 Å². The van der Waals surface area contributed by atoms with Crippen LogP contribution in [0.1, 0.15) is 25.3 Å². The van der Waals surface area contributed by atoms with E-state index in [1.54, 1.807) is 0 Å². The molecule has 2 N–H and O–H groups in total. The van der Waals surface area contributed by atoms with Crippen molar-refractivity contribution in [3.63, 3.8) is 0 Å². The molecule has 2 aromatic rings. The Kier molecular flexibility index (Phi) is 3.25. The largest absolute Gasteiger partial charge is 0.323 e. The molecule has 0 saturated carbocycles. The van der Waals surface area contributed by atoms with Gasteiger partial charge in [-0.2, -0.15) is 0 Å². The Morgan fingerprint density at radius 3 is 2.95 bits per heavy atom. The Bertz CT molecular complexity index is 573. The van der Waals surface area contributed by atoms with Crippen LogP contribution < -0.4 is 5.73 Å². The van der Waals surface area contributed by atoms with E-state index in [4.69, 9.17) is 5.73 Å². The van der Waals surface area contributed by atoms with Crippen molar-refractivity contribution in [3.05, 3.63) is 42.1 Å². The summed E-state index contributed by atoms with van der Waals surface area (Å²) in [6.45, 7) is 5.24. The summed E-state index contributed by atoms with van der Waals surface area (Å²) in [7, 11) is 0. The fraction of sp³-hybridized carbons (Fsp3) is 0.438. The molecule has 100 valence electrons. The number of nitrogens with zero attached hydrogens (tertiary/aromatic N) is 2. The Morgan fingerprint density at radius 2 is 2.16 bits per heavy atom. The molecule has 1 aliphatic heterocycles. The van der Waals surface area contributed by atoms with Gasteiger partial charge in [-0.1, -0.05) is 25.5 Å². The average Bonchev–Trinajstić information content (AvgIpc) is 2.37. The van der Waals surface area contributed by atoms with Crippen LogP contribution in [0.4, 0.5) is 0 Å². The number of benzene rings is 1. The van der Waals surface area contributed by atoms with Gasteiger partial charge in [-0.05, 0) is 30.2 Å². The maximum absolute atomic E-state index is 6.30. The Morgan fingerprint density at radius 1 is 1.32 bits per heavy atom. The zero-order valence-electron chi connectivity index (χ0n) is 11.5. The second kappa shape index (κ2) is 4.91. The van der Waals surface area contributed by atoms with E-state index < -0.39 is 0 Å². The van der Waals surface area contributed by atoms with Gasteiger partial charge < -0.3 is 5.73 Å². The van der Waals surface area contributed by atoms with Crippen molar-refractivity contribution >= 4 is 10.9 Å². The summed E-state index contributed by atoms with van der Waals surface area (Å²) in [5.74, 6) is 0. The summed E-state index contributed by atoms with van der Waals surface area (Å²) in [6, 6.07) is 10.6. The van der Waals surface area contributed by atoms with E-state index in [1.165, 1.54) is 17.4 Å². The zero-order valence-corrected chi connectivity index (χ0v) is 11.5. The number of nitrogens with two attached hydrogens (primary N) is 1. The van der Waals surface area contributed by atoms with Gasteiger partial charge in [0.25, 0.3) is 0 Å². The molecule has 1 saturated heterocycles. The summed E-state index contributed by atoms with van der Waals surface area (Å²) >= 11 is 0. The van der Waals surface area contributed by atoms with E-state index in [-0.39, 0.29) is 5.54 Å². The fourth-order valence-corrected chi connectivity index (χ4v) is 3.09. The molecule has 1 aromatic carbocycles. The second-order valence-corrected chi connectivity index (χ2v) is 5.79. The molecule has 0 atom stereocenters. The van der Waals surface area contributed by atoms with E-state index in [1.807, 2.05) is 12.3 Å². The van der Waals surface area contributed by atoms with Gasteiger partial charge in [0.15, 0.2) is 0 Å². The molecule has 3 heteroatoms. The summed E-state index contributed by atoms with van der Waals surface area (Å²) in [4.78, 5) is 6.77. The van der Waals surface area contributed by atoms with Crippen molar-refractivity contribution in [2.45, 2.75) is 31.8 Å². The van der Waals surface area contributed by atoms with Crippen LogP contribution in [0.15, 0.2) is 36.5 Å². The first-order valence-electron chi connectivity index (χ1n) is 7.03. The lowest BCUT2D eigenvalue weighted by atomic mass is 9.86. The van der Waals surface area contributed by atoms with Gasteiger partial charge in [-0.25, -0.2) is 0 Å². The van der Waals surface area contributed by atoms with Crippen LogP contribution in [0.25, 0.3) is 10.9 Å². The molecule has 0 aliphatic carbocycles. The van der Waals surface area contributed by atoms with Gasteiger partial charge in [-0.15, -0.1) is 0 Å². The molecule has 1 aliphatic rings. The van der Waals surface area contributed by atoms with Crippen LogP contribution in [0.2, 0.25) is 0 Å². The maximum atomic E-state index is 6.30. The van der Waals surface area contributed by atoms with E-state index in [9.17, 15) is 0 Å². The van der Waals surface area contributed by atoms with Crippen molar-refractivity contribution in [1.29, 1.82) is 0 Å². The molecule has 0 radical (unpaired) electrons. The van der Waals surface area contributed by atoms with Gasteiger partial charge in [0, 0.05) is 36.8 Å². The van der Waals surface area contributed by atoms with Crippen LogP contribution >= 0.6 is 0 Å². The molecule has 3 rings (SSSR count). The van der Waals surface area contributed by atoms with Crippen LogP contribution in [0.5, 0.6) is 0 Å². The normalized spacial score (nSPS) is 18.4. The van der Waals surface area contributed by atoms with E-state index in [2.05, 4.69) is 41.1 Å². The fourth-order valence-electron chi connectivity index (χ4n) is 3.09. The van der Waals surface area contributed by atoms with E-state index in [0.717, 1.165) is 31.6 Å². The molecule has 1 fully saturated rings. The smallest absolute Gasteiger partial charge is 0.0702 e. The minimum Gasteiger partial charge on any atom is -0.323 e. The lowest BCUT2D eigenvalue weighted by Gasteiger charge is -2.48. The van der Waals surface area contributed by atoms with Crippen molar-refractivity contribution < 1.29 is 0 Å². The van der Waals surface area contributed by atoms with Crippen molar-refractivity contribution in [1.82, 2.24) is 9.88 Å². The minimum absolute atomic E-state index is 0.0627. The van der Waals surface area contributed by atoms with Gasteiger partial charge in [0.1, 0.15) is 0 Å². The standard InChI is InChI=1S/C16H21N3/c1-2-7-16(17)11-19(12-16)10-13-5-6-15-14(9-13)4-3-8-18-15/h3-6,8-9H,2,7,10-12,17H2,1H3. The summed E-state index contributed by atoms with van der Waals surface area (Å²) in [5.41, 5.74) is 8.77. The Labute approximate surface area is 114 Å². The first-order chi connectivity index (χ1) is 9.18. The van der Waals surface area contributed by atoms with Gasteiger partial charge in [0.2, 0.25) is 0 Å². The number of aromatic nitrogens is 1. The Balaban J connectivity index is 1.67. The summed E-state index contributed by atoms with van der Waals surface area (Å²) in [5, 5.41) is 1.22. The molecular formula is C16H21N3. The summed E-state index contributed by atoms with van der Waals surface area (Å²) in [6.07, 6.45) is 4.14. The first-order valence-corrected chi connectivity index (χ1v) is 7.03. The number of fused-ring (bicyclic) bond motifs is 1. The first kappa shape index (κ1) is 12.6. The van der Waals surface area contributed by atoms with Crippen molar-refractivity contribution in [2.24, 2.45) is 5.73 Å². The van der Waals surface area contributed by atoms with Gasteiger partial charge >= 0.3 is 0 Å². The molecule has 2 heterocycles. The molecule has 0 spiro atoms. The third kappa shape index (κ3) is 2.62. The van der Waals surface area contributed by atoms with E-state index in [0.29, 0.717) is 0 Å². The minimum atomic E-state index is 0.0627. The molecule has 0 bridgehead atoms. The van der Waals surface area contributed by atoms with Crippen LogP contribution in [0.3, 0.4) is 0 Å². The third-order valence-electron chi connectivity index (χ3n) is 3.90. The molecule has 19 heavy (non-hydrogen) atoms. The highest BCUT2D eigenvalue weighted by Gasteiger charge is 2.37. The highest BCUT2D eigenvalue weighted by Crippen LogP contribution is 2.25. The predicted molar refractivity (Wildman–Crippen MR) is 78.8 cm³/mol. The van der Waals surface area contributed by atoms with Gasteiger partial charge in [0.05, 0.1) is 5.52 Å². The number of pyridine rings is 1. The highest BCUT2D eigenvalue weighted by molar-refractivity contribution is 5.78. The van der Waals surface area contributed by atoms with Crippen molar-refractivity contribution in [2.75, 3.05) is 13.1 Å². The maximum Gasteiger partial charge on any atom is 0.0702 e. The van der Waals surface area contributed by atoms with Crippen LogP contribution in [-0.2, 0) is 6.54 Å². The quantitative estimate of drug-likeness (QED) is 0.913. The number of hydrogen-bond acceptors (Lipinski definition) is 3. The molecule has 0 unspecified atom stereocenters. The van der Waals surface area contributed by atoms with Crippen LogP contribution in [-0.4, -0.2) is 28.5 Å². The highest BCUT2D eigenvalue weighted by atomic mass is 15.2. The predicted octanol–water partition coefficient (Wildman–Crippen LogP) is 2.55. The number of rotatable bonds is 4. The lowest BCUT2D eigenvalue weighted by molar-refractivity contribution is 0.0568. The number of likely N-dealkylation sites (tertiary alicyclic amines) is 1. The molecule has 1 aromatic heterocycles. The van der Waals surface area contributed by atoms with Gasteiger partial charge in [-0.3, -0.25) is 9.88 Å². The third-order valence-corrected chi connectivity index (χ3v) is 3.90. The number of hydrogen-bond donors (Lipinski definition) is 1. The molecule has 0 amide bonds. The summed E-state index contributed by atoms with van der Waals surface area (Å²) < 4.78 is 0. The second-order valence-electron chi connectivity index (χ2n) is 5.79. The van der Waals surface area contributed by atoms with Crippen LogP contribution in [0, 0.1) is 0 Å². The average molecular weight is 255 g/mol. The zero-order chi connectivity index (χ0) is 13.3.